The summed E-state index contributed by atoms with van der Waals surface area (Å²) in [6.45, 7) is 3.27. The van der Waals surface area contributed by atoms with E-state index in [1.807, 2.05) is 0 Å². The van der Waals surface area contributed by atoms with Gasteiger partial charge in [0.1, 0.15) is 5.82 Å². The Kier molecular flexibility index (Phi) is 4.04. The van der Waals surface area contributed by atoms with Crippen LogP contribution in [0.4, 0.5) is 0 Å². The van der Waals surface area contributed by atoms with Crippen LogP contribution < -0.4 is 10.0 Å². The molecule has 6 nitrogen and oxygen atoms in total. The topological polar surface area (TPSA) is 76.0 Å². The van der Waals surface area contributed by atoms with Crippen molar-refractivity contribution < 1.29 is 8.42 Å². The van der Waals surface area contributed by atoms with E-state index in [1.165, 1.54) is 12.6 Å². The Morgan fingerprint density at radius 3 is 2.94 bits per heavy atom. The van der Waals surface area contributed by atoms with E-state index in [9.17, 15) is 8.42 Å². The standard InChI is InChI=1S/C11H20N4O2S/c1-9-14-11(8-15(9)2)18(16,17)13-7-5-10-4-3-6-12-10/h8,10,12-13H,3-7H2,1-2H3/t10-/m0/s1. The highest BCUT2D eigenvalue weighted by atomic mass is 32.2. The summed E-state index contributed by atoms with van der Waals surface area (Å²) in [5.41, 5.74) is 0. The molecule has 1 aliphatic rings. The molecule has 0 bridgehead atoms. The smallest absolute Gasteiger partial charge is 0.259 e. The number of hydrogen-bond acceptors (Lipinski definition) is 4. The summed E-state index contributed by atoms with van der Waals surface area (Å²) >= 11 is 0. The highest BCUT2D eigenvalue weighted by Gasteiger charge is 2.19. The van der Waals surface area contributed by atoms with E-state index in [4.69, 9.17) is 0 Å². The van der Waals surface area contributed by atoms with Crippen molar-refractivity contribution in [1.82, 2.24) is 19.6 Å². The first kappa shape index (κ1) is 13.5. The first-order valence-corrected chi connectivity index (χ1v) is 7.70. The molecule has 1 atom stereocenters. The van der Waals surface area contributed by atoms with Crippen LogP contribution in [-0.4, -0.2) is 37.1 Å². The van der Waals surface area contributed by atoms with Crippen LogP contribution in [0.5, 0.6) is 0 Å². The molecule has 2 N–H and O–H groups in total. The number of rotatable bonds is 5. The lowest BCUT2D eigenvalue weighted by molar-refractivity contribution is 0.538. The molecular formula is C11H20N4O2S. The van der Waals surface area contributed by atoms with Crippen molar-refractivity contribution in [3.05, 3.63) is 12.0 Å². The zero-order valence-electron chi connectivity index (χ0n) is 10.8. The molecule has 0 amide bonds. The molecular weight excluding hydrogens is 252 g/mol. The highest BCUT2D eigenvalue weighted by Crippen LogP contribution is 2.10. The fraction of sp³-hybridized carbons (Fsp3) is 0.727. The SMILES string of the molecule is Cc1nc(S(=O)(=O)NCC[C@@H]2CCCN2)cn1C. The molecule has 1 saturated heterocycles. The predicted octanol–water partition coefficient (Wildman–Crippen LogP) is 0.149. The van der Waals surface area contributed by atoms with Gasteiger partial charge in [-0.3, -0.25) is 0 Å². The molecule has 0 aliphatic carbocycles. The maximum atomic E-state index is 12.0. The number of sulfonamides is 1. The fourth-order valence-electron chi connectivity index (χ4n) is 2.10. The molecule has 1 aromatic rings. The predicted molar refractivity (Wildman–Crippen MR) is 68.8 cm³/mol. The fourth-order valence-corrected chi connectivity index (χ4v) is 3.18. The minimum atomic E-state index is -3.46. The molecule has 1 aliphatic heterocycles. The van der Waals surface area contributed by atoms with Crippen LogP contribution in [0.2, 0.25) is 0 Å². The lowest BCUT2D eigenvalue weighted by Gasteiger charge is -2.10. The Morgan fingerprint density at radius 1 is 1.61 bits per heavy atom. The second-order valence-corrected chi connectivity index (χ2v) is 6.43. The van der Waals surface area contributed by atoms with E-state index >= 15 is 0 Å². The number of aryl methyl sites for hydroxylation is 2. The van der Waals surface area contributed by atoms with Crippen LogP contribution in [0.15, 0.2) is 11.2 Å². The number of aromatic nitrogens is 2. The van der Waals surface area contributed by atoms with E-state index < -0.39 is 10.0 Å². The molecule has 1 aromatic heterocycles. The van der Waals surface area contributed by atoms with Crippen LogP contribution in [0, 0.1) is 6.92 Å². The van der Waals surface area contributed by atoms with E-state index in [0.29, 0.717) is 18.4 Å². The maximum Gasteiger partial charge on any atom is 0.259 e. The van der Waals surface area contributed by atoms with Crippen LogP contribution in [0.25, 0.3) is 0 Å². The van der Waals surface area contributed by atoms with Gasteiger partial charge in [0.2, 0.25) is 0 Å². The van der Waals surface area contributed by atoms with Gasteiger partial charge < -0.3 is 9.88 Å². The Morgan fingerprint density at radius 2 is 2.39 bits per heavy atom. The van der Waals surface area contributed by atoms with Gasteiger partial charge in [0.15, 0.2) is 5.03 Å². The molecule has 0 unspecified atom stereocenters. The zero-order valence-corrected chi connectivity index (χ0v) is 11.6. The van der Waals surface area contributed by atoms with Gasteiger partial charge in [-0.05, 0) is 32.7 Å². The molecule has 2 rings (SSSR count). The molecule has 0 aromatic carbocycles. The maximum absolute atomic E-state index is 12.0. The zero-order chi connectivity index (χ0) is 13.2. The largest absolute Gasteiger partial charge is 0.337 e. The summed E-state index contributed by atoms with van der Waals surface area (Å²) in [7, 11) is -1.68. The molecule has 102 valence electrons. The second kappa shape index (κ2) is 5.38. The summed E-state index contributed by atoms with van der Waals surface area (Å²) < 4.78 is 28.2. The average molecular weight is 272 g/mol. The monoisotopic (exact) mass is 272 g/mol. The third kappa shape index (κ3) is 3.09. The van der Waals surface area contributed by atoms with Gasteiger partial charge in [-0.2, -0.15) is 0 Å². The minimum absolute atomic E-state index is 0.0990. The van der Waals surface area contributed by atoms with E-state index in [0.717, 1.165) is 19.4 Å². The van der Waals surface area contributed by atoms with Crippen molar-refractivity contribution in [1.29, 1.82) is 0 Å². The second-order valence-electron chi connectivity index (χ2n) is 4.72. The van der Waals surface area contributed by atoms with Crippen LogP contribution in [0.1, 0.15) is 25.1 Å². The van der Waals surface area contributed by atoms with Crippen molar-refractivity contribution in [2.45, 2.75) is 37.3 Å². The van der Waals surface area contributed by atoms with Crippen LogP contribution >= 0.6 is 0 Å². The Labute approximate surface area is 108 Å². The molecule has 1 fully saturated rings. The number of nitrogens with one attached hydrogen (secondary N) is 2. The van der Waals surface area contributed by atoms with E-state index in [2.05, 4.69) is 15.0 Å². The Hall–Kier alpha value is -0.920. The number of hydrogen-bond donors (Lipinski definition) is 2. The Bertz CT molecular complexity index is 484. The van der Waals surface area contributed by atoms with Crippen molar-refractivity contribution in [2.75, 3.05) is 13.1 Å². The molecule has 18 heavy (non-hydrogen) atoms. The van der Waals surface area contributed by atoms with Crippen molar-refractivity contribution >= 4 is 10.0 Å². The van der Waals surface area contributed by atoms with Crippen LogP contribution in [0.3, 0.4) is 0 Å². The Balaban J connectivity index is 1.90. The van der Waals surface area contributed by atoms with Crippen LogP contribution in [-0.2, 0) is 17.1 Å². The van der Waals surface area contributed by atoms with Gasteiger partial charge in [0.05, 0.1) is 0 Å². The first-order valence-electron chi connectivity index (χ1n) is 6.22. The van der Waals surface area contributed by atoms with Crippen molar-refractivity contribution in [3.63, 3.8) is 0 Å². The lowest BCUT2D eigenvalue weighted by atomic mass is 10.2. The van der Waals surface area contributed by atoms with Gasteiger partial charge in [-0.1, -0.05) is 0 Å². The summed E-state index contributed by atoms with van der Waals surface area (Å²) in [6.07, 6.45) is 4.66. The third-order valence-electron chi connectivity index (χ3n) is 3.31. The summed E-state index contributed by atoms with van der Waals surface area (Å²) in [4.78, 5) is 4.03. The quantitative estimate of drug-likeness (QED) is 0.800. The normalized spacial score (nSPS) is 20.4. The first-order chi connectivity index (χ1) is 8.49. The van der Waals surface area contributed by atoms with Gasteiger partial charge in [0.25, 0.3) is 10.0 Å². The van der Waals surface area contributed by atoms with E-state index in [1.54, 1.807) is 18.5 Å². The van der Waals surface area contributed by atoms with Gasteiger partial charge in [-0.15, -0.1) is 0 Å². The minimum Gasteiger partial charge on any atom is -0.337 e. The highest BCUT2D eigenvalue weighted by molar-refractivity contribution is 7.89. The average Bonchev–Trinajstić information content (AvgIpc) is 2.90. The molecule has 2 heterocycles. The summed E-state index contributed by atoms with van der Waals surface area (Å²) in [5, 5.41) is 3.44. The van der Waals surface area contributed by atoms with Gasteiger partial charge >= 0.3 is 0 Å². The number of nitrogens with zero attached hydrogens (tertiary/aromatic N) is 2. The summed E-state index contributed by atoms with van der Waals surface area (Å²) in [5.74, 6) is 0.688. The van der Waals surface area contributed by atoms with E-state index in [-0.39, 0.29) is 5.03 Å². The molecule has 0 spiro atoms. The molecule has 7 heteroatoms. The molecule has 0 radical (unpaired) electrons. The van der Waals surface area contributed by atoms with Crippen molar-refractivity contribution in [3.8, 4) is 0 Å². The lowest BCUT2D eigenvalue weighted by Crippen LogP contribution is -2.30. The van der Waals surface area contributed by atoms with Gasteiger partial charge in [0, 0.05) is 25.8 Å². The van der Waals surface area contributed by atoms with Gasteiger partial charge in [-0.25, -0.2) is 18.1 Å². The number of imidazole rings is 1. The van der Waals surface area contributed by atoms with Crippen molar-refractivity contribution in [2.24, 2.45) is 7.05 Å². The third-order valence-corrected chi connectivity index (χ3v) is 4.64. The molecule has 0 saturated carbocycles. The summed E-state index contributed by atoms with van der Waals surface area (Å²) in [6, 6.07) is 0.443.